The van der Waals surface area contributed by atoms with Crippen molar-refractivity contribution in [3.8, 4) is 0 Å². The van der Waals surface area contributed by atoms with Crippen LogP contribution in [0.25, 0.3) is 0 Å². The zero-order valence-electron chi connectivity index (χ0n) is 16.9. The van der Waals surface area contributed by atoms with Crippen molar-refractivity contribution in [3.63, 3.8) is 0 Å². The maximum absolute atomic E-state index is 13.2. The number of nitrogens with zero attached hydrogens (tertiary/aromatic N) is 1. The molecular formula is C23H22N2O3S2. The van der Waals surface area contributed by atoms with Gasteiger partial charge in [0.1, 0.15) is 5.00 Å². The Morgan fingerprint density at radius 2 is 1.90 bits per heavy atom. The summed E-state index contributed by atoms with van der Waals surface area (Å²) in [5.41, 5.74) is 4.07. The van der Waals surface area contributed by atoms with Gasteiger partial charge < -0.3 is 10.1 Å². The number of carbonyl (C=O) groups is 2. The number of fused-ring (bicyclic) bond motifs is 1. The molecule has 1 amide bonds. The van der Waals surface area contributed by atoms with E-state index in [-0.39, 0.29) is 5.91 Å². The van der Waals surface area contributed by atoms with E-state index >= 15 is 0 Å². The third kappa shape index (κ3) is 4.22. The molecule has 0 saturated heterocycles. The molecule has 30 heavy (non-hydrogen) atoms. The smallest absolute Gasteiger partial charge is 0.337 e. The Morgan fingerprint density at radius 3 is 2.60 bits per heavy atom. The second kappa shape index (κ2) is 8.93. The highest BCUT2D eigenvalue weighted by Gasteiger charge is 2.25. The van der Waals surface area contributed by atoms with Crippen molar-refractivity contribution in [2.45, 2.75) is 32.6 Å². The van der Waals surface area contributed by atoms with Crippen molar-refractivity contribution in [3.05, 3.63) is 67.7 Å². The highest BCUT2D eigenvalue weighted by Crippen LogP contribution is 2.40. The molecular weight excluding hydrogens is 416 g/mol. The standard InChI is InChI=1S/C23H22N2O3S2/c1-14-11-12-29-19(14)13-24-22-20(17-5-3-4-6-18(17)30-22)21(26)25-16-9-7-15(8-10-16)23(27)28-2/h7-13H,3-6H2,1-2H3,(H,25,26)/b24-13+. The Morgan fingerprint density at radius 1 is 1.13 bits per heavy atom. The molecule has 5 nitrogen and oxygen atoms in total. The van der Waals surface area contributed by atoms with Gasteiger partial charge in [-0.3, -0.25) is 4.79 Å². The molecule has 0 unspecified atom stereocenters. The number of hydrogen-bond donors (Lipinski definition) is 1. The number of ether oxygens (including phenoxy) is 1. The molecule has 3 aromatic rings. The average Bonchev–Trinajstić information content (AvgIpc) is 3.34. The van der Waals surface area contributed by atoms with Gasteiger partial charge in [0.2, 0.25) is 0 Å². The van der Waals surface area contributed by atoms with Gasteiger partial charge in [0.25, 0.3) is 5.91 Å². The van der Waals surface area contributed by atoms with Gasteiger partial charge >= 0.3 is 5.97 Å². The lowest BCUT2D eigenvalue weighted by Crippen LogP contribution is -2.15. The number of thiophene rings is 2. The van der Waals surface area contributed by atoms with E-state index in [1.165, 1.54) is 17.6 Å². The summed E-state index contributed by atoms with van der Waals surface area (Å²) in [5.74, 6) is -0.560. The summed E-state index contributed by atoms with van der Waals surface area (Å²) in [7, 11) is 1.34. The summed E-state index contributed by atoms with van der Waals surface area (Å²) >= 11 is 3.27. The molecule has 0 bridgehead atoms. The van der Waals surface area contributed by atoms with Crippen molar-refractivity contribution < 1.29 is 14.3 Å². The van der Waals surface area contributed by atoms with E-state index in [4.69, 9.17) is 9.73 Å². The van der Waals surface area contributed by atoms with Crippen molar-refractivity contribution >= 4 is 51.5 Å². The topological polar surface area (TPSA) is 67.8 Å². The van der Waals surface area contributed by atoms with E-state index in [2.05, 4.69) is 18.3 Å². The Balaban J connectivity index is 1.62. The molecule has 2 aromatic heterocycles. The molecule has 7 heteroatoms. The molecule has 0 aliphatic heterocycles. The summed E-state index contributed by atoms with van der Waals surface area (Å²) in [6.07, 6.45) is 6.01. The molecule has 0 spiro atoms. The van der Waals surface area contributed by atoms with Crippen LogP contribution in [0.5, 0.6) is 0 Å². The van der Waals surface area contributed by atoms with Gasteiger partial charge in [-0.2, -0.15) is 0 Å². The van der Waals surface area contributed by atoms with E-state index in [1.54, 1.807) is 46.9 Å². The third-order valence-electron chi connectivity index (χ3n) is 5.14. The minimum absolute atomic E-state index is 0.157. The predicted molar refractivity (Wildman–Crippen MR) is 123 cm³/mol. The van der Waals surface area contributed by atoms with Crippen molar-refractivity contribution in [2.24, 2.45) is 4.99 Å². The van der Waals surface area contributed by atoms with Gasteiger partial charge in [-0.15, -0.1) is 22.7 Å². The van der Waals surface area contributed by atoms with Crippen LogP contribution in [-0.4, -0.2) is 25.2 Å². The van der Waals surface area contributed by atoms with Crippen LogP contribution in [0.3, 0.4) is 0 Å². The fourth-order valence-corrected chi connectivity index (χ4v) is 5.53. The number of aliphatic imine (C=N–C) groups is 1. The van der Waals surface area contributed by atoms with Crippen LogP contribution in [0.4, 0.5) is 10.7 Å². The van der Waals surface area contributed by atoms with E-state index in [0.29, 0.717) is 16.8 Å². The predicted octanol–water partition coefficient (Wildman–Crippen LogP) is 5.79. The number of methoxy groups -OCH3 is 1. The first kappa shape index (κ1) is 20.5. The molecule has 154 valence electrons. The van der Waals surface area contributed by atoms with Gasteiger partial charge in [-0.1, -0.05) is 0 Å². The number of esters is 1. The second-order valence-electron chi connectivity index (χ2n) is 7.14. The SMILES string of the molecule is COC(=O)c1ccc(NC(=O)c2c(/N=C/c3sccc3C)sc3c2CCCC3)cc1. The van der Waals surface area contributed by atoms with Crippen molar-refractivity contribution in [1.82, 2.24) is 0 Å². The number of hydrogen-bond acceptors (Lipinski definition) is 6. The zero-order valence-corrected chi connectivity index (χ0v) is 18.5. The number of amides is 1. The molecule has 1 aliphatic carbocycles. The number of benzene rings is 1. The van der Waals surface area contributed by atoms with Gasteiger partial charge in [-0.05, 0) is 79.4 Å². The number of aryl methyl sites for hydroxylation is 2. The Bertz CT molecular complexity index is 1110. The Kier molecular flexibility index (Phi) is 6.11. The lowest BCUT2D eigenvalue weighted by Gasteiger charge is -2.13. The zero-order chi connectivity index (χ0) is 21.1. The number of anilines is 1. The van der Waals surface area contributed by atoms with Crippen LogP contribution >= 0.6 is 22.7 Å². The fourth-order valence-electron chi connectivity index (χ4n) is 3.51. The molecule has 1 aromatic carbocycles. The Hall–Kier alpha value is -2.77. The third-order valence-corrected chi connectivity index (χ3v) is 7.30. The van der Waals surface area contributed by atoms with Crippen LogP contribution in [-0.2, 0) is 17.6 Å². The number of nitrogens with one attached hydrogen (secondary N) is 1. The van der Waals surface area contributed by atoms with Crippen LogP contribution < -0.4 is 5.32 Å². The quantitative estimate of drug-likeness (QED) is 0.405. The van der Waals surface area contributed by atoms with E-state index < -0.39 is 5.97 Å². The first-order valence-electron chi connectivity index (χ1n) is 9.79. The molecule has 2 heterocycles. The summed E-state index contributed by atoms with van der Waals surface area (Å²) in [4.78, 5) is 31.9. The summed E-state index contributed by atoms with van der Waals surface area (Å²) in [6, 6.07) is 8.77. The largest absolute Gasteiger partial charge is 0.465 e. The van der Waals surface area contributed by atoms with Gasteiger partial charge in [0, 0.05) is 21.7 Å². The van der Waals surface area contributed by atoms with Gasteiger partial charge in [0.05, 0.1) is 18.2 Å². The summed E-state index contributed by atoms with van der Waals surface area (Å²) in [6.45, 7) is 2.06. The van der Waals surface area contributed by atoms with Gasteiger partial charge in [-0.25, -0.2) is 9.79 Å². The van der Waals surface area contributed by atoms with Crippen molar-refractivity contribution in [2.75, 3.05) is 12.4 Å². The maximum Gasteiger partial charge on any atom is 0.337 e. The molecule has 0 fully saturated rings. The Labute approximate surface area is 183 Å². The number of carbonyl (C=O) groups excluding carboxylic acids is 2. The lowest BCUT2D eigenvalue weighted by atomic mass is 9.95. The summed E-state index contributed by atoms with van der Waals surface area (Å²) in [5, 5.41) is 5.77. The molecule has 0 radical (unpaired) electrons. The first-order valence-corrected chi connectivity index (χ1v) is 11.5. The first-order chi connectivity index (χ1) is 14.6. The highest BCUT2D eigenvalue weighted by molar-refractivity contribution is 7.16. The molecule has 0 atom stereocenters. The van der Waals surface area contributed by atoms with Crippen LogP contribution in [0.2, 0.25) is 0 Å². The van der Waals surface area contributed by atoms with Gasteiger partial charge in [0.15, 0.2) is 0 Å². The minimum Gasteiger partial charge on any atom is -0.465 e. The lowest BCUT2D eigenvalue weighted by molar-refractivity contribution is 0.0600. The van der Waals surface area contributed by atoms with E-state index in [1.807, 2.05) is 11.6 Å². The second-order valence-corrected chi connectivity index (χ2v) is 9.17. The van der Waals surface area contributed by atoms with Crippen LogP contribution in [0.1, 0.15) is 54.4 Å². The molecule has 1 aliphatic rings. The molecule has 1 N–H and O–H groups in total. The monoisotopic (exact) mass is 438 g/mol. The normalized spacial score (nSPS) is 13.3. The molecule has 0 saturated carbocycles. The highest BCUT2D eigenvalue weighted by atomic mass is 32.1. The molecule has 4 rings (SSSR count). The average molecular weight is 439 g/mol. The van der Waals surface area contributed by atoms with E-state index in [9.17, 15) is 9.59 Å². The van der Waals surface area contributed by atoms with E-state index in [0.717, 1.165) is 41.1 Å². The fraction of sp³-hybridized carbons (Fsp3) is 0.261. The summed E-state index contributed by atoms with van der Waals surface area (Å²) < 4.78 is 4.72. The minimum atomic E-state index is -0.403. The maximum atomic E-state index is 13.2. The van der Waals surface area contributed by atoms with Crippen molar-refractivity contribution in [1.29, 1.82) is 0 Å². The van der Waals surface area contributed by atoms with Crippen LogP contribution in [0, 0.1) is 6.92 Å². The van der Waals surface area contributed by atoms with Crippen LogP contribution in [0.15, 0.2) is 40.7 Å². The number of rotatable bonds is 5.